The minimum absolute atomic E-state index is 0.0176. The van der Waals surface area contributed by atoms with E-state index in [1.165, 1.54) is 10.9 Å². The molecule has 11 nitrogen and oxygen atoms in total. The first-order valence-corrected chi connectivity index (χ1v) is 18.9. The van der Waals surface area contributed by atoms with E-state index in [1.807, 2.05) is 58.1 Å². The average molecular weight is 745 g/mol. The van der Waals surface area contributed by atoms with Crippen LogP contribution >= 0.6 is 22.9 Å². The van der Waals surface area contributed by atoms with Crippen LogP contribution in [0.5, 0.6) is 0 Å². The lowest BCUT2D eigenvalue weighted by molar-refractivity contribution is -0.142. The minimum Gasteiger partial charge on any atom is -0.388 e. The molecule has 13 heteroatoms. The van der Waals surface area contributed by atoms with E-state index in [0.717, 1.165) is 52.8 Å². The van der Waals surface area contributed by atoms with Crippen LogP contribution in [0.1, 0.15) is 41.3 Å². The zero-order valence-electron chi connectivity index (χ0n) is 28.9. The average Bonchev–Trinajstić information content (AvgIpc) is 3.84. The van der Waals surface area contributed by atoms with Gasteiger partial charge in [0, 0.05) is 77.8 Å². The molecule has 0 bridgehead atoms. The van der Waals surface area contributed by atoms with E-state index in [0.29, 0.717) is 47.7 Å². The molecule has 1 N–H and O–H groups in total. The summed E-state index contributed by atoms with van der Waals surface area (Å²) in [6.45, 7) is 3.18. The van der Waals surface area contributed by atoms with E-state index in [2.05, 4.69) is 38.1 Å². The zero-order chi connectivity index (χ0) is 36.5. The Labute approximate surface area is 315 Å². The number of carbonyl (C=O) groups is 1. The second-order valence-corrected chi connectivity index (χ2v) is 15.5. The largest absolute Gasteiger partial charge is 0.388 e. The lowest BCUT2D eigenvalue weighted by atomic mass is 9.79. The molecule has 1 amide bonds. The maximum atomic E-state index is 14.2. The number of aromatic nitrogens is 5. The molecule has 8 rings (SSSR count). The summed E-state index contributed by atoms with van der Waals surface area (Å²) in [5.41, 5.74) is 2.37. The second kappa shape index (κ2) is 14.7. The van der Waals surface area contributed by atoms with Crippen molar-refractivity contribution in [2.24, 2.45) is 5.92 Å². The molecule has 2 atom stereocenters. The summed E-state index contributed by atoms with van der Waals surface area (Å²) in [6.07, 6.45) is 8.34. The SMILES string of the molecule is N#Cc1ccc(-c2ncc(CN3CC[C@@H](C(=O)N4CCC(O)(Cn5cnc6c(ccn6-c6cccc(Cl)c6)c5=O)CC4)[C@H](c4ccccc4)C3)s2)cn1. The number of fused-ring (bicyclic) bond motifs is 1. The van der Waals surface area contributed by atoms with Crippen LogP contribution in [-0.2, 0) is 17.9 Å². The van der Waals surface area contributed by atoms with Crippen molar-refractivity contribution >= 4 is 39.9 Å². The van der Waals surface area contributed by atoms with Crippen LogP contribution in [0.25, 0.3) is 27.3 Å². The van der Waals surface area contributed by atoms with E-state index in [4.69, 9.17) is 16.9 Å². The molecular weight excluding hydrogens is 708 g/mol. The van der Waals surface area contributed by atoms with Crippen LogP contribution in [0.4, 0.5) is 0 Å². The van der Waals surface area contributed by atoms with Crippen LogP contribution in [0.15, 0.2) is 103 Å². The van der Waals surface area contributed by atoms with Gasteiger partial charge in [0.1, 0.15) is 23.1 Å². The second-order valence-electron chi connectivity index (χ2n) is 14.0. The Kier molecular flexibility index (Phi) is 9.66. The summed E-state index contributed by atoms with van der Waals surface area (Å²) in [5, 5.41) is 22.7. The fourth-order valence-corrected chi connectivity index (χ4v) is 8.80. The van der Waals surface area contributed by atoms with Crippen molar-refractivity contribution in [3.8, 4) is 22.3 Å². The molecule has 2 saturated heterocycles. The molecular formula is C40H37ClN8O3S. The fourth-order valence-electron chi connectivity index (χ4n) is 7.67. The van der Waals surface area contributed by atoms with Gasteiger partial charge in [-0.3, -0.25) is 19.1 Å². The molecule has 0 aliphatic carbocycles. The number of halogens is 1. The number of benzene rings is 2. The highest BCUT2D eigenvalue weighted by atomic mass is 35.5. The van der Waals surface area contributed by atoms with Crippen LogP contribution in [0.3, 0.4) is 0 Å². The van der Waals surface area contributed by atoms with Gasteiger partial charge in [-0.15, -0.1) is 11.3 Å². The molecule has 4 aromatic heterocycles. The highest BCUT2D eigenvalue weighted by Crippen LogP contribution is 2.37. The Morgan fingerprint density at radius 3 is 2.58 bits per heavy atom. The third-order valence-electron chi connectivity index (χ3n) is 10.5. The number of hydrogen-bond donors (Lipinski definition) is 1. The van der Waals surface area contributed by atoms with Crippen LogP contribution in [0, 0.1) is 17.2 Å². The molecule has 0 saturated carbocycles. The lowest BCUT2D eigenvalue weighted by Crippen LogP contribution is -2.53. The molecule has 53 heavy (non-hydrogen) atoms. The number of hydrogen-bond acceptors (Lipinski definition) is 9. The quantitative estimate of drug-likeness (QED) is 0.204. The van der Waals surface area contributed by atoms with Crippen molar-refractivity contribution in [2.75, 3.05) is 26.2 Å². The summed E-state index contributed by atoms with van der Waals surface area (Å²) in [4.78, 5) is 46.6. The number of nitriles is 1. The molecule has 6 aromatic rings. The number of rotatable bonds is 8. The van der Waals surface area contributed by atoms with Crippen molar-refractivity contribution < 1.29 is 9.90 Å². The highest BCUT2D eigenvalue weighted by molar-refractivity contribution is 7.15. The normalized spacial score (nSPS) is 18.9. The van der Waals surface area contributed by atoms with Gasteiger partial charge in [0.05, 0.1) is 17.5 Å². The van der Waals surface area contributed by atoms with E-state index >= 15 is 0 Å². The third-order valence-corrected chi connectivity index (χ3v) is 11.8. The van der Waals surface area contributed by atoms with Crippen LogP contribution in [0.2, 0.25) is 5.02 Å². The Morgan fingerprint density at radius 2 is 1.83 bits per heavy atom. The molecule has 2 fully saturated rings. The molecule has 6 heterocycles. The predicted molar refractivity (Wildman–Crippen MR) is 204 cm³/mol. The Balaban J connectivity index is 0.926. The Morgan fingerprint density at radius 1 is 1.00 bits per heavy atom. The van der Waals surface area contributed by atoms with Crippen molar-refractivity contribution in [1.29, 1.82) is 5.26 Å². The van der Waals surface area contributed by atoms with E-state index < -0.39 is 5.60 Å². The first kappa shape index (κ1) is 34.9. The molecule has 2 aromatic carbocycles. The first-order chi connectivity index (χ1) is 25.8. The molecule has 0 radical (unpaired) electrons. The van der Waals surface area contributed by atoms with E-state index in [9.17, 15) is 14.7 Å². The van der Waals surface area contributed by atoms with E-state index in [-0.39, 0.29) is 29.8 Å². The smallest absolute Gasteiger partial charge is 0.262 e. The number of likely N-dealkylation sites (tertiary alicyclic amines) is 2. The van der Waals surface area contributed by atoms with Gasteiger partial charge in [-0.05, 0) is 67.8 Å². The van der Waals surface area contributed by atoms with Gasteiger partial charge in [-0.25, -0.2) is 15.0 Å². The first-order valence-electron chi connectivity index (χ1n) is 17.7. The van der Waals surface area contributed by atoms with Gasteiger partial charge in [0.25, 0.3) is 5.56 Å². The zero-order valence-corrected chi connectivity index (χ0v) is 30.5. The van der Waals surface area contributed by atoms with E-state index in [1.54, 1.807) is 41.9 Å². The van der Waals surface area contributed by atoms with Crippen LogP contribution < -0.4 is 5.56 Å². The Hall–Kier alpha value is -5.19. The van der Waals surface area contributed by atoms with Gasteiger partial charge in [0.2, 0.25) is 5.91 Å². The maximum Gasteiger partial charge on any atom is 0.262 e. The van der Waals surface area contributed by atoms with Crippen molar-refractivity contribution in [1.82, 2.24) is 33.9 Å². The molecule has 268 valence electrons. The van der Waals surface area contributed by atoms with Crippen LogP contribution in [-0.4, -0.2) is 76.7 Å². The number of piperidine rings is 2. The van der Waals surface area contributed by atoms with Crippen molar-refractivity contribution in [2.45, 2.75) is 43.9 Å². The standard InChI is InChI=1S/C40H37ClN8O3S/c41-29-7-4-8-31(19-29)49-16-12-34-36(49)45-26-48(39(34)51)25-40(52)13-17-47(18-14-40)38(50)33-11-15-46(24-35(33)27-5-2-1-3-6-27)23-32-22-44-37(53-32)28-9-10-30(20-42)43-21-28/h1-10,12,16,19,21-22,26,33,35,52H,11,13-15,17-18,23-25H2/t33-,35+/m1/s1. The van der Waals surface area contributed by atoms with Gasteiger partial charge >= 0.3 is 0 Å². The number of aliphatic hydroxyl groups is 1. The number of carbonyl (C=O) groups excluding carboxylic acids is 1. The van der Waals surface area contributed by atoms with Crippen molar-refractivity contribution in [3.63, 3.8) is 0 Å². The van der Waals surface area contributed by atoms with Crippen molar-refractivity contribution in [3.05, 3.63) is 129 Å². The maximum absolute atomic E-state index is 14.2. The lowest BCUT2D eigenvalue weighted by Gasteiger charge is -2.43. The number of pyridine rings is 1. The summed E-state index contributed by atoms with van der Waals surface area (Å²) >= 11 is 7.81. The van der Waals surface area contributed by atoms with Gasteiger partial charge in [-0.2, -0.15) is 5.26 Å². The highest BCUT2D eigenvalue weighted by Gasteiger charge is 2.41. The van der Waals surface area contributed by atoms with Gasteiger partial charge in [-0.1, -0.05) is 48.0 Å². The predicted octanol–water partition coefficient (Wildman–Crippen LogP) is 5.89. The fraction of sp³-hybridized carbons (Fsp3) is 0.300. The topological polar surface area (TPSA) is 133 Å². The summed E-state index contributed by atoms with van der Waals surface area (Å²) in [6, 6.07) is 25.0. The number of nitrogens with zero attached hydrogens (tertiary/aromatic N) is 8. The minimum atomic E-state index is -1.14. The van der Waals surface area contributed by atoms with Gasteiger partial charge in [0.15, 0.2) is 5.65 Å². The molecule has 2 aliphatic heterocycles. The molecule has 2 aliphatic rings. The number of thiazole rings is 1. The monoisotopic (exact) mass is 744 g/mol. The molecule has 0 spiro atoms. The summed E-state index contributed by atoms with van der Waals surface area (Å²) in [5.74, 6) is -0.0418. The Bertz CT molecular complexity index is 2360. The summed E-state index contributed by atoms with van der Waals surface area (Å²) in [7, 11) is 0. The number of amides is 1. The third kappa shape index (κ3) is 7.26. The molecule has 0 unspecified atom stereocenters. The summed E-state index contributed by atoms with van der Waals surface area (Å²) < 4.78 is 3.31. The van der Waals surface area contributed by atoms with Gasteiger partial charge < -0.3 is 14.6 Å².